The SMILES string of the molecule is COc1ccc2nc(C(N)/C(=C/c3ccc(C(=O)O)cc3)CCOc3cccc4ccccc34)sc2c1. The molecule has 1 aromatic heterocycles. The fraction of sp³-hybridized carbons (Fsp3) is 0.133. The maximum absolute atomic E-state index is 11.3. The van der Waals surface area contributed by atoms with Gasteiger partial charge in [-0.15, -0.1) is 11.3 Å². The van der Waals surface area contributed by atoms with Crippen LogP contribution in [-0.4, -0.2) is 29.8 Å². The van der Waals surface area contributed by atoms with Gasteiger partial charge >= 0.3 is 5.97 Å². The summed E-state index contributed by atoms with van der Waals surface area (Å²) in [7, 11) is 1.64. The first-order valence-electron chi connectivity index (χ1n) is 11.9. The van der Waals surface area contributed by atoms with Crippen molar-refractivity contribution in [1.29, 1.82) is 0 Å². The number of carboxylic acids is 1. The third kappa shape index (κ3) is 5.48. The molecule has 6 nitrogen and oxygen atoms in total. The number of methoxy groups -OCH3 is 1. The molecule has 7 heteroatoms. The fourth-order valence-electron chi connectivity index (χ4n) is 4.20. The largest absolute Gasteiger partial charge is 0.497 e. The Bertz CT molecular complexity index is 1590. The summed E-state index contributed by atoms with van der Waals surface area (Å²) in [6, 6.07) is 26.2. The van der Waals surface area contributed by atoms with Crippen molar-refractivity contribution >= 4 is 44.4 Å². The number of ether oxygens (including phenoxy) is 2. The Balaban J connectivity index is 1.43. The number of hydrogen-bond acceptors (Lipinski definition) is 6. The number of hydrogen-bond donors (Lipinski definition) is 2. The van der Waals surface area contributed by atoms with Crippen LogP contribution in [0.5, 0.6) is 11.5 Å². The molecule has 1 heterocycles. The normalized spacial score (nSPS) is 12.5. The number of benzene rings is 4. The molecular weight excluding hydrogens is 484 g/mol. The number of aromatic nitrogens is 1. The van der Waals surface area contributed by atoms with Crippen molar-refractivity contribution in [2.45, 2.75) is 12.5 Å². The van der Waals surface area contributed by atoms with Gasteiger partial charge in [0.2, 0.25) is 0 Å². The Morgan fingerprint density at radius 2 is 1.84 bits per heavy atom. The summed E-state index contributed by atoms with van der Waals surface area (Å²) in [5.41, 5.74) is 9.68. The zero-order chi connectivity index (χ0) is 25.8. The van der Waals surface area contributed by atoms with Gasteiger partial charge in [0.25, 0.3) is 0 Å². The Labute approximate surface area is 218 Å². The molecule has 0 saturated carbocycles. The zero-order valence-corrected chi connectivity index (χ0v) is 21.1. The van der Waals surface area contributed by atoms with Crippen LogP contribution in [0.1, 0.15) is 33.4 Å². The molecule has 0 saturated heterocycles. The fourth-order valence-corrected chi connectivity index (χ4v) is 5.24. The predicted octanol–water partition coefficient (Wildman–Crippen LogP) is 6.71. The van der Waals surface area contributed by atoms with E-state index in [1.165, 1.54) is 11.3 Å². The molecule has 0 aliphatic heterocycles. The Morgan fingerprint density at radius 1 is 1.05 bits per heavy atom. The van der Waals surface area contributed by atoms with Gasteiger partial charge in [0.05, 0.1) is 35.5 Å². The van der Waals surface area contributed by atoms with E-state index in [-0.39, 0.29) is 5.56 Å². The molecule has 0 radical (unpaired) electrons. The highest BCUT2D eigenvalue weighted by Gasteiger charge is 2.18. The van der Waals surface area contributed by atoms with E-state index in [1.54, 1.807) is 31.4 Å². The second-order valence-corrected chi connectivity index (χ2v) is 9.65. The monoisotopic (exact) mass is 510 g/mol. The summed E-state index contributed by atoms with van der Waals surface area (Å²) in [5.74, 6) is 0.638. The maximum Gasteiger partial charge on any atom is 0.335 e. The number of fused-ring (bicyclic) bond motifs is 2. The van der Waals surface area contributed by atoms with Gasteiger partial charge in [-0.05, 0) is 52.9 Å². The number of carboxylic acid groups (broad SMARTS) is 1. The lowest BCUT2D eigenvalue weighted by Gasteiger charge is -2.16. The van der Waals surface area contributed by atoms with E-state index >= 15 is 0 Å². The van der Waals surface area contributed by atoms with Gasteiger partial charge in [-0.3, -0.25) is 0 Å². The molecule has 0 aliphatic rings. The standard InChI is InChI=1S/C30H26N2O4S/c1-35-23-13-14-25-27(18-23)37-29(32-25)28(31)22(17-19-9-11-21(12-10-19)30(33)34)15-16-36-26-8-4-6-20-5-2-3-7-24(20)26/h2-14,17-18,28H,15-16,31H2,1H3,(H,33,34)/b22-17+. The number of rotatable bonds is 9. The molecule has 0 amide bonds. The predicted molar refractivity (Wildman–Crippen MR) is 149 cm³/mol. The van der Waals surface area contributed by atoms with E-state index in [0.717, 1.165) is 48.6 Å². The lowest BCUT2D eigenvalue weighted by atomic mass is 10.0. The smallest absolute Gasteiger partial charge is 0.335 e. The lowest BCUT2D eigenvalue weighted by Crippen LogP contribution is -2.15. The van der Waals surface area contributed by atoms with Gasteiger partial charge in [-0.1, -0.05) is 54.6 Å². The van der Waals surface area contributed by atoms with Gasteiger partial charge in [0, 0.05) is 11.8 Å². The summed E-state index contributed by atoms with van der Waals surface area (Å²) in [6.07, 6.45) is 2.57. The minimum absolute atomic E-state index is 0.238. The van der Waals surface area contributed by atoms with Gasteiger partial charge in [0.15, 0.2) is 0 Å². The summed E-state index contributed by atoms with van der Waals surface area (Å²) in [6.45, 7) is 0.430. The van der Waals surface area contributed by atoms with Crippen LogP contribution < -0.4 is 15.2 Å². The van der Waals surface area contributed by atoms with Crippen LogP contribution in [0.3, 0.4) is 0 Å². The van der Waals surface area contributed by atoms with Gasteiger partial charge < -0.3 is 20.3 Å². The molecule has 0 aliphatic carbocycles. The summed E-state index contributed by atoms with van der Waals surface area (Å²) < 4.78 is 12.6. The van der Waals surface area contributed by atoms with Crippen molar-refractivity contribution < 1.29 is 19.4 Å². The average Bonchev–Trinajstić information content (AvgIpc) is 3.36. The lowest BCUT2D eigenvalue weighted by molar-refractivity contribution is 0.0697. The first kappa shape index (κ1) is 24.5. The van der Waals surface area contributed by atoms with E-state index < -0.39 is 12.0 Å². The van der Waals surface area contributed by atoms with Crippen LogP contribution in [0.15, 0.2) is 90.5 Å². The van der Waals surface area contributed by atoms with Crippen molar-refractivity contribution in [2.24, 2.45) is 5.73 Å². The second-order valence-electron chi connectivity index (χ2n) is 8.59. The molecule has 0 spiro atoms. The number of thiazole rings is 1. The molecule has 1 unspecified atom stereocenters. The van der Waals surface area contributed by atoms with Crippen LogP contribution in [0.25, 0.3) is 27.1 Å². The van der Waals surface area contributed by atoms with E-state index in [4.69, 9.17) is 20.2 Å². The molecule has 37 heavy (non-hydrogen) atoms. The maximum atomic E-state index is 11.3. The number of carbonyl (C=O) groups is 1. The van der Waals surface area contributed by atoms with Crippen LogP contribution in [0.4, 0.5) is 0 Å². The highest BCUT2D eigenvalue weighted by atomic mass is 32.1. The second kappa shape index (κ2) is 10.8. The summed E-state index contributed by atoms with van der Waals surface area (Å²) in [4.78, 5) is 16.0. The molecule has 3 N–H and O–H groups in total. The molecule has 4 aromatic carbocycles. The van der Waals surface area contributed by atoms with Crippen LogP contribution in [0, 0.1) is 0 Å². The van der Waals surface area contributed by atoms with Gasteiger partial charge in [-0.25, -0.2) is 9.78 Å². The molecular formula is C30H26N2O4S. The Hall–Kier alpha value is -4.20. The first-order chi connectivity index (χ1) is 18.0. The average molecular weight is 511 g/mol. The van der Waals surface area contributed by atoms with Gasteiger partial charge in [-0.2, -0.15) is 0 Å². The highest BCUT2D eigenvalue weighted by Crippen LogP contribution is 2.33. The third-order valence-corrected chi connectivity index (χ3v) is 7.29. The van der Waals surface area contributed by atoms with Crippen molar-refractivity contribution in [2.75, 3.05) is 13.7 Å². The van der Waals surface area contributed by atoms with Crippen LogP contribution >= 0.6 is 11.3 Å². The summed E-state index contributed by atoms with van der Waals surface area (Å²) >= 11 is 1.54. The highest BCUT2D eigenvalue weighted by molar-refractivity contribution is 7.18. The molecule has 0 fully saturated rings. The zero-order valence-electron chi connectivity index (χ0n) is 20.3. The minimum Gasteiger partial charge on any atom is -0.497 e. The topological polar surface area (TPSA) is 94.7 Å². The number of nitrogens with zero attached hydrogens (tertiary/aromatic N) is 1. The van der Waals surface area contributed by atoms with Crippen molar-refractivity contribution in [3.63, 3.8) is 0 Å². The Morgan fingerprint density at radius 3 is 2.62 bits per heavy atom. The van der Waals surface area contributed by atoms with Gasteiger partial charge in [0.1, 0.15) is 16.5 Å². The molecule has 0 bridgehead atoms. The Kier molecular flexibility index (Phi) is 7.16. The summed E-state index contributed by atoms with van der Waals surface area (Å²) in [5, 5.41) is 12.2. The van der Waals surface area contributed by atoms with E-state index in [1.807, 2.05) is 54.6 Å². The van der Waals surface area contributed by atoms with Crippen LogP contribution in [0.2, 0.25) is 0 Å². The molecule has 1 atom stereocenters. The van der Waals surface area contributed by atoms with E-state index in [2.05, 4.69) is 12.1 Å². The van der Waals surface area contributed by atoms with Crippen molar-refractivity contribution in [1.82, 2.24) is 4.98 Å². The van der Waals surface area contributed by atoms with Crippen LogP contribution in [-0.2, 0) is 0 Å². The molecule has 5 rings (SSSR count). The van der Waals surface area contributed by atoms with E-state index in [9.17, 15) is 9.90 Å². The number of aromatic carboxylic acids is 1. The first-order valence-corrected chi connectivity index (χ1v) is 12.7. The minimum atomic E-state index is -0.958. The number of nitrogens with two attached hydrogens (primary N) is 1. The van der Waals surface area contributed by atoms with Crippen molar-refractivity contribution in [3.05, 3.63) is 107 Å². The van der Waals surface area contributed by atoms with Crippen molar-refractivity contribution in [3.8, 4) is 11.5 Å². The third-order valence-electron chi connectivity index (χ3n) is 6.19. The molecule has 186 valence electrons. The quantitative estimate of drug-likeness (QED) is 0.229. The van der Waals surface area contributed by atoms with E-state index in [0.29, 0.717) is 13.0 Å². The molecule has 5 aromatic rings.